The van der Waals surface area contributed by atoms with Crippen LogP contribution in [-0.2, 0) is 15.1 Å². The van der Waals surface area contributed by atoms with Crippen molar-refractivity contribution in [2.75, 3.05) is 7.11 Å². The van der Waals surface area contributed by atoms with Crippen LogP contribution in [0.25, 0.3) is 0 Å². The first-order valence-corrected chi connectivity index (χ1v) is 6.88. The van der Waals surface area contributed by atoms with Crippen molar-refractivity contribution < 1.29 is 18.0 Å². The Balaban J connectivity index is 0.000000200. The quantitative estimate of drug-likeness (QED) is 0.776. The van der Waals surface area contributed by atoms with E-state index in [0.29, 0.717) is 0 Å². The lowest BCUT2D eigenvalue weighted by molar-refractivity contribution is 0.0882. The fourth-order valence-corrected chi connectivity index (χ4v) is 2.05. The molecule has 0 fully saturated rings. The van der Waals surface area contributed by atoms with Crippen LogP contribution < -0.4 is 4.74 Å². The number of methoxy groups -OCH3 is 1. The van der Waals surface area contributed by atoms with Crippen molar-refractivity contribution in [1.82, 2.24) is 0 Å². The van der Waals surface area contributed by atoms with Crippen molar-refractivity contribution in [1.29, 1.82) is 0 Å². The Labute approximate surface area is 114 Å². The third kappa shape index (κ3) is 4.75. The standard InChI is InChI=1S/C7H8O.C6H9NO3S/c1-8-7-5-3-2-4-6-7;1-4(2)6-5(11(8)9)3-7-10-6/h2-6H,1H3;3-4,6H,1-2H3. The summed E-state index contributed by atoms with van der Waals surface area (Å²) in [5.41, 5.74) is 0. The first-order valence-electron chi connectivity index (χ1n) is 5.80. The van der Waals surface area contributed by atoms with E-state index in [1.54, 1.807) is 7.11 Å². The minimum Gasteiger partial charge on any atom is -0.497 e. The minimum atomic E-state index is -2.20. The fourth-order valence-electron chi connectivity index (χ4n) is 1.42. The molecule has 1 aromatic carbocycles. The van der Waals surface area contributed by atoms with E-state index in [4.69, 9.17) is 9.57 Å². The molecule has 0 bridgehead atoms. The van der Waals surface area contributed by atoms with Gasteiger partial charge in [0.2, 0.25) is 10.3 Å². The van der Waals surface area contributed by atoms with Gasteiger partial charge in [0, 0.05) is 0 Å². The molecule has 0 N–H and O–H groups in total. The molecule has 1 heterocycles. The molecule has 1 aliphatic rings. The number of ether oxygens (including phenoxy) is 1. The Bertz CT molecular complexity index is 541. The van der Waals surface area contributed by atoms with Gasteiger partial charge in [-0.3, -0.25) is 0 Å². The molecule has 0 saturated heterocycles. The maximum absolute atomic E-state index is 10.5. The number of nitrogens with zero attached hydrogens (tertiary/aromatic N) is 1. The summed E-state index contributed by atoms with van der Waals surface area (Å²) < 4.78 is 25.9. The smallest absolute Gasteiger partial charge is 0.222 e. The second-order valence-corrected chi connectivity index (χ2v) is 5.10. The largest absolute Gasteiger partial charge is 0.497 e. The predicted molar refractivity (Wildman–Crippen MR) is 75.1 cm³/mol. The lowest BCUT2D eigenvalue weighted by atomic mass is 10.1. The van der Waals surface area contributed by atoms with Gasteiger partial charge < -0.3 is 9.57 Å². The molecule has 0 aliphatic carbocycles. The highest BCUT2D eigenvalue weighted by Gasteiger charge is 2.26. The minimum absolute atomic E-state index is 0.130. The third-order valence-corrected chi connectivity index (χ3v) is 3.13. The lowest BCUT2D eigenvalue weighted by Gasteiger charge is -2.10. The number of para-hydroxylation sites is 1. The molecular formula is C13H17NO4S. The van der Waals surface area contributed by atoms with E-state index < -0.39 is 16.4 Å². The molecule has 1 atom stereocenters. The number of hydrogen-bond acceptors (Lipinski definition) is 5. The molecule has 19 heavy (non-hydrogen) atoms. The summed E-state index contributed by atoms with van der Waals surface area (Å²) in [4.78, 5) is 5.06. The molecule has 0 amide bonds. The summed E-state index contributed by atoms with van der Waals surface area (Å²) >= 11 is 0. The zero-order valence-electron chi connectivity index (χ0n) is 11.1. The summed E-state index contributed by atoms with van der Waals surface area (Å²) in [6.45, 7) is 3.76. The lowest BCUT2D eigenvalue weighted by Crippen LogP contribution is -2.24. The molecule has 1 aromatic rings. The Morgan fingerprint density at radius 3 is 2.26 bits per heavy atom. The second kappa shape index (κ2) is 7.58. The molecule has 5 nitrogen and oxygen atoms in total. The van der Waals surface area contributed by atoms with Crippen LogP contribution in [0.5, 0.6) is 5.75 Å². The van der Waals surface area contributed by atoms with Crippen LogP contribution in [0.3, 0.4) is 0 Å². The summed E-state index contributed by atoms with van der Waals surface area (Å²) in [5.74, 6) is 1.04. The highest BCUT2D eigenvalue weighted by molar-refractivity contribution is 7.74. The fraction of sp³-hybridized carbons (Fsp3) is 0.385. The van der Waals surface area contributed by atoms with Gasteiger partial charge in [-0.2, -0.15) is 8.42 Å². The van der Waals surface area contributed by atoms with Crippen LogP contribution >= 0.6 is 0 Å². The number of benzene rings is 1. The van der Waals surface area contributed by atoms with Crippen LogP contribution in [0.4, 0.5) is 0 Å². The maximum atomic E-state index is 10.5. The topological polar surface area (TPSA) is 65.0 Å². The molecule has 1 aliphatic heterocycles. The zero-order valence-corrected chi connectivity index (χ0v) is 11.9. The van der Waals surface area contributed by atoms with Crippen LogP contribution in [0.2, 0.25) is 0 Å². The summed E-state index contributed by atoms with van der Waals surface area (Å²) in [6.07, 6.45) is 0.849. The number of hydrogen-bond donors (Lipinski definition) is 0. The van der Waals surface area contributed by atoms with E-state index in [0.717, 1.165) is 5.75 Å². The molecule has 1 unspecified atom stereocenters. The molecule has 104 valence electrons. The maximum Gasteiger partial charge on any atom is 0.222 e. The van der Waals surface area contributed by atoms with Crippen LogP contribution in [0.1, 0.15) is 13.8 Å². The number of rotatable bonds is 2. The molecule has 0 radical (unpaired) electrons. The van der Waals surface area contributed by atoms with Crippen molar-refractivity contribution in [3.8, 4) is 5.75 Å². The van der Waals surface area contributed by atoms with Gasteiger partial charge in [0.1, 0.15) is 10.6 Å². The van der Waals surface area contributed by atoms with Crippen LogP contribution in [-0.4, -0.2) is 32.7 Å². The van der Waals surface area contributed by atoms with Gasteiger partial charge in [-0.05, 0) is 18.1 Å². The van der Waals surface area contributed by atoms with Gasteiger partial charge >= 0.3 is 0 Å². The average molecular weight is 283 g/mol. The number of oxime groups is 1. The molecule has 2 rings (SSSR count). The highest BCUT2D eigenvalue weighted by atomic mass is 32.2. The van der Waals surface area contributed by atoms with Crippen molar-refractivity contribution >= 4 is 21.4 Å². The summed E-state index contributed by atoms with van der Waals surface area (Å²) in [6, 6.07) is 9.68. The van der Waals surface area contributed by atoms with E-state index in [9.17, 15) is 8.42 Å². The Kier molecular flexibility index (Phi) is 6.08. The van der Waals surface area contributed by atoms with Gasteiger partial charge in [-0.15, -0.1) is 0 Å². The van der Waals surface area contributed by atoms with Crippen LogP contribution in [0, 0.1) is 5.92 Å². The highest BCUT2D eigenvalue weighted by Crippen LogP contribution is 2.11. The molecule has 0 spiro atoms. The predicted octanol–water partition coefficient (Wildman–Crippen LogP) is 1.77. The van der Waals surface area contributed by atoms with E-state index in [-0.39, 0.29) is 10.8 Å². The van der Waals surface area contributed by atoms with Gasteiger partial charge in [-0.25, -0.2) is 0 Å². The molecule has 6 heteroatoms. The summed E-state index contributed by atoms with van der Waals surface area (Å²) in [7, 11) is -0.537. The van der Waals surface area contributed by atoms with E-state index >= 15 is 0 Å². The van der Waals surface area contributed by atoms with Gasteiger partial charge in [0.05, 0.1) is 13.3 Å². The van der Waals surface area contributed by atoms with Gasteiger partial charge in [-0.1, -0.05) is 37.2 Å². The molecule has 0 aromatic heterocycles. The Hall–Kier alpha value is -1.82. The molecular weight excluding hydrogens is 266 g/mol. The van der Waals surface area contributed by atoms with Crippen LogP contribution in [0.15, 0.2) is 35.5 Å². The van der Waals surface area contributed by atoms with E-state index in [1.807, 2.05) is 44.2 Å². The Morgan fingerprint density at radius 1 is 1.26 bits per heavy atom. The SMILES string of the molecule is CC(C)C1ON=CC1=S(=O)=O.COc1ccccc1. The monoisotopic (exact) mass is 283 g/mol. The van der Waals surface area contributed by atoms with Crippen molar-refractivity contribution in [3.05, 3.63) is 30.3 Å². The summed E-state index contributed by atoms with van der Waals surface area (Å²) in [5, 5.41) is 3.43. The van der Waals surface area contributed by atoms with Crippen molar-refractivity contribution in [2.45, 2.75) is 20.0 Å². The first-order chi connectivity index (χ1) is 9.06. The zero-order chi connectivity index (χ0) is 14.3. The van der Waals surface area contributed by atoms with Gasteiger partial charge in [0.25, 0.3) is 0 Å². The third-order valence-electron chi connectivity index (χ3n) is 2.41. The Morgan fingerprint density at radius 2 is 1.89 bits per heavy atom. The van der Waals surface area contributed by atoms with Crippen molar-refractivity contribution in [3.63, 3.8) is 0 Å². The molecule has 0 saturated carbocycles. The van der Waals surface area contributed by atoms with E-state index in [1.165, 1.54) is 6.21 Å². The average Bonchev–Trinajstić information content (AvgIpc) is 2.90. The van der Waals surface area contributed by atoms with E-state index in [2.05, 4.69) is 5.16 Å². The van der Waals surface area contributed by atoms with Gasteiger partial charge in [0.15, 0.2) is 6.10 Å². The normalized spacial score (nSPS) is 16.6. The first kappa shape index (κ1) is 15.2. The second-order valence-electron chi connectivity index (χ2n) is 4.16. The van der Waals surface area contributed by atoms with Crippen molar-refractivity contribution in [2.24, 2.45) is 11.1 Å².